The van der Waals surface area contributed by atoms with Gasteiger partial charge in [0.15, 0.2) is 0 Å². The molecule has 5 nitrogen and oxygen atoms in total. The Kier molecular flexibility index (Phi) is 21.3. The van der Waals surface area contributed by atoms with Crippen LogP contribution in [-0.2, 0) is 25.8 Å². The summed E-state index contributed by atoms with van der Waals surface area (Å²) < 4.78 is 2.10. The summed E-state index contributed by atoms with van der Waals surface area (Å²) >= 11 is 0. The van der Waals surface area contributed by atoms with Crippen LogP contribution < -0.4 is 4.57 Å². The predicted octanol–water partition coefficient (Wildman–Crippen LogP) is 11.1. The van der Waals surface area contributed by atoms with Crippen LogP contribution in [0, 0.1) is 27.8 Å². The van der Waals surface area contributed by atoms with Gasteiger partial charge in [-0.05, 0) is 55.4 Å². The predicted molar refractivity (Wildman–Crippen MR) is 199 cm³/mol. The quantitative estimate of drug-likeness (QED) is 0.102. The van der Waals surface area contributed by atoms with Gasteiger partial charge in [0.2, 0.25) is 0 Å². The molecule has 4 rings (SSSR count). The molecule has 0 radical (unpaired) electrons. The molecule has 3 aromatic carbocycles. The van der Waals surface area contributed by atoms with Crippen LogP contribution in [0.25, 0.3) is 32.5 Å². The van der Waals surface area contributed by atoms with Crippen molar-refractivity contribution in [1.29, 1.82) is 0 Å². The number of para-hydroxylation sites is 1. The van der Waals surface area contributed by atoms with Gasteiger partial charge in [0, 0.05) is 7.05 Å². The van der Waals surface area contributed by atoms with E-state index >= 15 is 0 Å². The summed E-state index contributed by atoms with van der Waals surface area (Å²) in [6, 6.07) is 28.1. The number of benzene rings is 3. The number of aromatic nitrogens is 1. The molecular weight excluding hydrogens is 729 g/mol. The maximum absolute atomic E-state index is 5.54. The molecule has 0 spiro atoms. The number of nitrogens with zero attached hydrogens (tertiary/aromatic N) is 5. The maximum Gasteiger partial charge on any atom is 4.00 e. The molecule has 0 N–H and O–H groups in total. The summed E-state index contributed by atoms with van der Waals surface area (Å²) in [6.45, 7) is 15.5. The molecule has 1 aromatic heterocycles. The van der Waals surface area contributed by atoms with Crippen molar-refractivity contribution in [3.8, 4) is 11.3 Å². The normalized spacial score (nSPS) is 10.8. The molecule has 1 unspecified atom stereocenters. The van der Waals surface area contributed by atoms with E-state index in [1.165, 1.54) is 33.4 Å². The molecule has 0 fully saturated rings. The molecule has 246 valence electrons. The van der Waals surface area contributed by atoms with Crippen LogP contribution in [0.2, 0.25) is 0 Å². The van der Waals surface area contributed by atoms with Gasteiger partial charge in [-0.15, -0.1) is 5.69 Å². The topological polar surface area (TPSA) is 60.3 Å². The summed E-state index contributed by atoms with van der Waals surface area (Å²) in [5.41, 5.74) is 12.1. The Morgan fingerprint density at radius 2 is 1.04 bits per heavy atom. The second-order valence-electron chi connectivity index (χ2n) is 11.9. The zero-order valence-electron chi connectivity index (χ0n) is 30.7. The molecule has 0 aliphatic rings. The van der Waals surface area contributed by atoms with Gasteiger partial charge < -0.3 is 25.8 Å². The van der Waals surface area contributed by atoms with Crippen LogP contribution in [0.4, 0.5) is 5.69 Å². The SMILES string of the molecule is C[N-]C.C[N-]C.C[N-]C.[CH2-][n+]1c(-c2c(C)cc(C)cc2C)cccc1C([N-]c1c(C(C)C)cccc1C(C)C)c1ccccc1.[Hf+4]. The van der Waals surface area contributed by atoms with E-state index in [0.29, 0.717) is 11.8 Å². The van der Waals surface area contributed by atoms with E-state index in [1.54, 1.807) is 42.3 Å². The zero-order valence-corrected chi connectivity index (χ0v) is 34.3. The van der Waals surface area contributed by atoms with Gasteiger partial charge in [0.25, 0.3) is 0 Å². The Morgan fingerprint density at radius 1 is 0.609 bits per heavy atom. The molecule has 46 heavy (non-hydrogen) atoms. The van der Waals surface area contributed by atoms with Crippen LogP contribution in [0.1, 0.15) is 84.6 Å². The third-order valence-corrected chi connectivity index (χ3v) is 7.05. The van der Waals surface area contributed by atoms with Gasteiger partial charge in [-0.3, -0.25) is 0 Å². The first kappa shape index (κ1) is 43.2. The Labute approximate surface area is 300 Å². The van der Waals surface area contributed by atoms with Crippen molar-refractivity contribution in [2.45, 2.75) is 66.3 Å². The minimum atomic E-state index is -0.174. The van der Waals surface area contributed by atoms with Gasteiger partial charge in [-0.2, -0.15) is 42.3 Å². The largest absolute Gasteiger partial charge is 4.00 e. The van der Waals surface area contributed by atoms with Gasteiger partial charge in [-0.25, -0.2) is 0 Å². The number of pyridine rings is 1. The minimum Gasteiger partial charge on any atom is -0.679 e. The first-order valence-electron chi connectivity index (χ1n) is 15.7. The van der Waals surface area contributed by atoms with Crippen LogP contribution in [0.5, 0.6) is 0 Å². The molecule has 1 atom stereocenters. The molecule has 0 amide bonds. The molecule has 6 heteroatoms. The third kappa shape index (κ3) is 12.4. The number of hydrogen-bond acceptors (Lipinski definition) is 0. The third-order valence-electron chi connectivity index (χ3n) is 7.05. The monoisotopic (exact) mass is 787 g/mol. The van der Waals surface area contributed by atoms with Gasteiger partial charge in [0.1, 0.15) is 5.69 Å². The van der Waals surface area contributed by atoms with E-state index in [4.69, 9.17) is 5.32 Å². The molecule has 0 bridgehead atoms. The second-order valence-corrected chi connectivity index (χ2v) is 11.9. The Morgan fingerprint density at radius 3 is 1.48 bits per heavy atom. The average molecular weight is 786 g/mol. The Bertz CT molecular complexity index is 1360. The van der Waals surface area contributed by atoms with Crippen molar-refractivity contribution >= 4 is 5.69 Å². The Hall–Kier alpha value is -2.77. The first-order valence-corrected chi connectivity index (χ1v) is 15.7. The van der Waals surface area contributed by atoms with Crippen LogP contribution in [-0.4, -0.2) is 42.3 Å². The maximum atomic E-state index is 5.54. The van der Waals surface area contributed by atoms with E-state index in [2.05, 4.69) is 155 Å². The van der Waals surface area contributed by atoms with Gasteiger partial charge in [0.05, 0.1) is 5.69 Å². The van der Waals surface area contributed by atoms with E-state index in [9.17, 15) is 0 Å². The van der Waals surface area contributed by atoms with Crippen molar-refractivity contribution in [1.82, 2.24) is 0 Å². The summed E-state index contributed by atoms with van der Waals surface area (Å²) in [4.78, 5) is 0. The fraction of sp³-hybridized carbons (Fsp3) is 0.400. The summed E-state index contributed by atoms with van der Waals surface area (Å²) in [5, 5.41) is 16.0. The fourth-order valence-electron chi connectivity index (χ4n) is 5.33. The van der Waals surface area contributed by atoms with E-state index < -0.39 is 0 Å². The fourth-order valence-corrected chi connectivity index (χ4v) is 5.33. The molecule has 1 heterocycles. The number of aryl methyl sites for hydroxylation is 3. The van der Waals surface area contributed by atoms with E-state index in [1.807, 2.05) is 0 Å². The van der Waals surface area contributed by atoms with Gasteiger partial charge in [-0.1, -0.05) is 129 Å². The molecular formula is C40H57HfN5. The van der Waals surface area contributed by atoms with Crippen molar-refractivity contribution in [3.05, 3.63) is 146 Å². The smallest absolute Gasteiger partial charge is 0.679 e. The van der Waals surface area contributed by atoms with Crippen LogP contribution >= 0.6 is 0 Å². The standard InChI is InChI=1S/C34H39N2.3C2H6N.Hf/c1-22(2)28-16-12-17-29(23(3)4)34(28)35-33(27-14-10-9-11-15-27)31-19-13-18-30(36(31)8)32-25(6)20-24(5)21-26(32)7;3*1-3-2;/h9-23,33H,8H2,1-7H3;3*1-2H3;/q4*-1;+4. The van der Waals surface area contributed by atoms with E-state index in [-0.39, 0.29) is 31.9 Å². The number of hydrogen-bond donors (Lipinski definition) is 0. The molecule has 0 saturated heterocycles. The summed E-state index contributed by atoms with van der Waals surface area (Å²) in [7, 11) is 15.1. The van der Waals surface area contributed by atoms with Crippen LogP contribution in [0.3, 0.4) is 0 Å². The van der Waals surface area contributed by atoms with Crippen molar-refractivity contribution < 1.29 is 30.4 Å². The molecule has 0 aliphatic heterocycles. The summed E-state index contributed by atoms with van der Waals surface area (Å²) in [5.74, 6) is 0.768. The Balaban J connectivity index is 0.00000182. The molecule has 4 aromatic rings. The van der Waals surface area contributed by atoms with Crippen molar-refractivity contribution in [3.63, 3.8) is 0 Å². The van der Waals surface area contributed by atoms with E-state index in [0.717, 1.165) is 22.6 Å². The minimum absolute atomic E-state index is 0. The molecule has 0 aliphatic carbocycles. The average Bonchev–Trinajstić information content (AvgIpc) is 2.98. The second kappa shape index (κ2) is 22.7. The molecule has 0 saturated carbocycles. The van der Waals surface area contributed by atoms with Gasteiger partial charge >= 0.3 is 25.8 Å². The zero-order chi connectivity index (χ0) is 34.1. The van der Waals surface area contributed by atoms with Crippen LogP contribution in [0.15, 0.2) is 78.9 Å². The summed E-state index contributed by atoms with van der Waals surface area (Å²) in [6.07, 6.45) is 0. The number of rotatable bonds is 7. The van der Waals surface area contributed by atoms with Crippen molar-refractivity contribution in [2.24, 2.45) is 0 Å². The van der Waals surface area contributed by atoms with Crippen molar-refractivity contribution in [2.75, 3.05) is 42.3 Å². The first-order chi connectivity index (χ1) is 21.4.